The van der Waals surface area contributed by atoms with Crippen molar-refractivity contribution >= 4 is 29.5 Å². The summed E-state index contributed by atoms with van der Waals surface area (Å²) < 4.78 is 16.7. The summed E-state index contributed by atoms with van der Waals surface area (Å²) in [5.41, 5.74) is -1.91. The Hall–Kier alpha value is -3.12. The van der Waals surface area contributed by atoms with E-state index in [1.807, 2.05) is 0 Å². The second-order valence-corrected chi connectivity index (χ2v) is 8.84. The lowest BCUT2D eigenvalue weighted by Gasteiger charge is -2.37. The van der Waals surface area contributed by atoms with Gasteiger partial charge in [0, 0.05) is 16.2 Å². The van der Waals surface area contributed by atoms with Gasteiger partial charge in [-0.3, -0.25) is 0 Å². The minimum atomic E-state index is -1.97. The van der Waals surface area contributed by atoms with Gasteiger partial charge in [0.05, 0.1) is 18.1 Å². The van der Waals surface area contributed by atoms with Crippen molar-refractivity contribution in [3.63, 3.8) is 0 Å². The summed E-state index contributed by atoms with van der Waals surface area (Å²) in [6.07, 6.45) is 0. The number of benzene rings is 2. The average Bonchev–Trinajstić information content (AvgIpc) is 3.02. The molecule has 0 aliphatic carbocycles. The molecular weight excluding hydrogens is 432 g/mol. The molecule has 2 aromatic carbocycles. The van der Waals surface area contributed by atoms with Gasteiger partial charge in [0.2, 0.25) is 5.60 Å². The Morgan fingerprint density at radius 1 is 1.12 bits per heavy atom. The van der Waals surface area contributed by atoms with E-state index in [4.69, 9.17) is 25.8 Å². The quantitative estimate of drug-likeness (QED) is 0.347. The monoisotopic (exact) mass is 456 g/mol. The standard InChI is InChI=1S/C25H25ClO6/c1-6-30-21(27)15(2)20(16-11-13-17(26)14-12-16)25(23(29)32-24(3,4)5)19-10-8-7-9-18(19)22(28)31-25/h7-14,20H,2,6H2,1,3-5H3/t20-,25-/m1/s1. The fourth-order valence-electron chi connectivity index (χ4n) is 3.76. The van der Waals surface area contributed by atoms with E-state index >= 15 is 0 Å². The van der Waals surface area contributed by atoms with E-state index in [2.05, 4.69) is 6.58 Å². The van der Waals surface area contributed by atoms with Crippen molar-refractivity contribution < 1.29 is 28.6 Å². The van der Waals surface area contributed by atoms with E-state index in [1.54, 1.807) is 76.2 Å². The number of halogens is 1. The Morgan fingerprint density at radius 2 is 1.75 bits per heavy atom. The Bertz CT molecular complexity index is 1070. The van der Waals surface area contributed by atoms with E-state index in [0.717, 1.165) is 0 Å². The van der Waals surface area contributed by atoms with Gasteiger partial charge in [-0.1, -0.05) is 48.5 Å². The van der Waals surface area contributed by atoms with Crippen LogP contribution in [0.1, 0.15) is 55.1 Å². The second-order valence-electron chi connectivity index (χ2n) is 8.40. The molecule has 0 fully saturated rings. The molecule has 7 heteroatoms. The van der Waals surface area contributed by atoms with E-state index in [0.29, 0.717) is 16.1 Å². The van der Waals surface area contributed by atoms with Crippen LogP contribution in [0.25, 0.3) is 0 Å². The number of hydrogen-bond donors (Lipinski definition) is 0. The summed E-state index contributed by atoms with van der Waals surface area (Å²) in [6.45, 7) is 10.8. The van der Waals surface area contributed by atoms with E-state index < -0.39 is 35.0 Å². The van der Waals surface area contributed by atoms with Crippen molar-refractivity contribution in [1.82, 2.24) is 0 Å². The zero-order chi connectivity index (χ0) is 23.7. The molecule has 0 saturated carbocycles. The molecule has 0 spiro atoms. The predicted molar refractivity (Wildman–Crippen MR) is 119 cm³/mol. The summed E-state index contributed by atoms with van der Waals surface area (Å²) in [5, 5.41) is 0.462. The third-order valence-corrected chi connectivity index (χ3v) is 5.25. The molecule has 32 heavy (non-hydrogen) atoms. The summed E-state index contributed by atoms with van der Waals surface area (Å²) in [5.74, 6) is -3.33. The van der Waals surface area contributed by atoms with Crippen molar-refractivity contribution in [3.05, 3.63) is 82.4 Å². The molecule has 1 heterocycles. The molecule has 0 saturated heterocycles. The van der Waals surface area contributed by atoms with Gasteiger partial charge in [-0.05, 0) is 51.5 Å². The summed E-state index contributed by atoms with van der Waals surface area (Å²) in [6, 6.07) is 13.1. The lowest BCUT2D eigenvalue weighted by Crippen LogP contribution is -2.47. The van der Waals surface area contributed by atoms with Crippen LogP contribution in [0, 0.1) is 0 Å². The van der Waals surface area contributed by atoms with Crippen LogP contribution in [-0.4, -0.2) is 30.1 Å². The molecule has 0 aromatic heterocycles. The Balaban J connectivity index is 2.31. The average molecular weight is 457 g/mol. The summed E-state index contributed by atoms with van der Waals surface area (Å²) >= 11 is 6.07. The smallest absolute Gasteiger partial charge is 0.357 e. The number of esters is 3. The molecule has 0 N–H and O–H groups in total. The first kappa shape index (κ1) is 23.5. The predicted octanol–water partition coefficient (Wildman–Crippen LogP) is 4.95. The second kappa shape index (κ2) is 8.79. The van der Waals surface area contributed by atoms with Crippen LogP contribution in [-0.2, 0) is 29.4 Å². The number of carbonyl (C=O) groups excluding carboxylic acids is 3. The molecule has 1 aliphatic rings. The zero-order valence-corrected chi connectivity index (χ0v) is 19.2. The third kappa shape index (κ3) is 4.28. The first-order chi connectivity index (χ1) is 15.0. The highest BCUT2D eigenvalue weighted by molar-refractivity contribution is 6.30. The lowest BCUT2D eigenvalue weighted by molar-refractivity contribution is -0.179. The maximum Gasteiger partial charge on any atom is 0.357 e. The van der Waals surface area contributed by atoms with Crippen LogP contribution in [0.15, 0.2) is 60.7 Å². The van der Waals surface area contributed by atoms with E-state index in [-0.39, 0.29) is 17.7 Å². The van der Waals surface area contributed by atoms with Crippen molar-refractivity contribution in [1.29, 1.82) is 0 Å². The Labute approximate surface area is 192 Å². The molecule has 168 valence electrons. The van der Waals surface area contributed by atoms with Gasteiger partial charge in [-0.2, -0.15) is 0 Å². The third-order valence-electron chi connectivity index (χ3n) is 5.00. The van der Waals surface area contributed by atoms with E-state index in [9.17, 15) is 14.4 Å². The minimum Gasteiger partial charge on any atom is -0.463 e. The van der Waals surface area contributed by atoms with Gasteiger partial charge in [0.25, 0.3) is 0 Å². The maximum absolute atomic E-state index is 13.7. The lowest BCUT2D eigenvalue weighted by atomic mass is 9.73. The van der Waals surface area contributed by atoms with Crippen LogP contribution in [0.5, 0.6) is 0 Å². The largest absolute Gasteiger partial charge is 0.463 e. The Morgan fingerprint density at radius 3 is 2.34 bits per heavy atom. The van der Waals surface area contributed by atoms with Gasteiger partial charge in [0.15, 0.2) is 0 Å². The number of ether oxygens (including phenoxy) is 3. The molecular formula is C25H25ClO6. The van der Waals surface area contributed by atoms with Crippen LogP contribution >= 0.6 is 11.6 Å². The van der Waals surface area contributed by atoms with Gasteiger partial charge >= 0.3 is 17.9 Å². The molecule has 0 unspecified atom stereocenters. The number of hydrogen-bond acceptors (Lipinski definition) is 6. The highest BCUT2D eigenvalue weighted by atomic mass is 35.5. The first-order valence-corrected chi connectivity index (χ1v) is 10.6. The van der Waals surface area contributed by atoms with Crippen molar-refractivity contribution in [2.75, 3.05) is 6.61 Å². The fraction of sp³-hybridized carbons (Fsp3) is 0.320. The number of cyclic esters (lactones) is 1. The highest BCUT2D eigenvalue weighted by Crippen LogP contribution is 2.51. The molecule has 3 rings (SSSR count). The normalized spacial score (nSPS) is 18.3. The minimum absolute atomic E-state index is 0.0514. The summed E-state index contributed by atoms with van der Waals surface area (Å²) in [4.78, 5) is 39.4. The van der Waals surface area contributed by atoms with Crippen molar-refractivity contribution in [3.8, 4) is 0 Å². The van der Waals surface area contributed by atoms with Crippen LogP contribution < -0.4 is 0 Å². The topological polar surface area (TPSA) is 78.9 Å². The van der Waals surface area contributed by atoms with Crippen LogP contribution in [0.2, 0.25) is 5.02 Å². The SMILES string of the molecule is C=C(C(=O)OCC)[C@H](c1ccc(Cl)cc1)[C@]1(C(=O)OC(C)(C)C)OC(=O)c2ccccc21. The number of rotatable bonds is 6. The molecule has 0 radical (unpaired) electrons. The molecule has 2 aromatic rings. The van der Waals surface area contributed by atoms with Gasteiger partial charge in [-0.15, -0.1) is 0 Å². The zero-order valence-electron chi connectivity index (χ0n) is 18.4. The first-order valence-electron chi connectivity index (χ1n) is 10.2. The van der Waals surface area contributed by atoms with Crippen molar-refractivity contribution in [2.24, 2.45) is 0 Å². The molecule has 0 amide bonds. The maximum atomic E-state index is 13.7. The van der Waals surface area contributed by atoms with Gasteiger partial charge < -0.3 is 14.2 Å². The van der Waals surface area contributed by atoms with Gasteiger partial charge in [-0.25, -0.2) is 14.4 Å². The van der Waals surface area contributed by atoms with Crippen LogP contribution in [0.3, 0.4) is 0 Å². The molecule has 0 bridgehead atoms. The highest BCUT2D eigenvalue weighted by Gasteiger charge is 2.60. The van der Waals surface area contributed by atoms with E-state index in [1.165, 1.54) is 0 Å². The summed E-state index contributed by atoms with van der Waals surface area (Å²) in [7, 11) is 0. The fourth-order valence-corrected chi connectivity index (χ4v) is 3.88. The number of fused-ring (bicyclic) bond motifs is 1. The number of carbonyl (C=O) groups is 3. The molecule has 6 nitrogen and oxygen atoms in total. The van der Waals surface area contributed by atoms with Gasteiger partial charge in [0.1, 0.15) is 5.60 Å². The molecule has 2 atom stereocenters. The van der Waals surface area contributed by atoms with Crippen molar-refractivity contribution in [2.45, 2.75) is 44.8 Å². The Kier molecular flexibility index (Phi) is 6.46. The molecule has 1 aliphatic heterocycles. The van der Waals surface area contributed by atoms with Crippen LogP contribution in [0.4, 0.5) is 0 Å².